The monoisotopic (exact) mass is 360 g/mol. The number of piperidine rings is 1. The molecule has 2 N–H and O–H groups in total. The van der Waals surface area contributed by atoms with E-state index in [0.717, 1.165) is 30.7 Å². The van der Waals surface area contributed by atoms with Crippen LogP contribution in [-0.2, 0) is 4.79 Å². The van der Waals surface area contributed by atoms with Gasteiger partial charge in [-0.25, -0.2) is 4.39 Å². The van der Waals surface area contributed by atoms with Gasteiger partial charge in [0.1, 0.15) is 5.82 Å². The van der Waals surface area contributed by atoms with Crippen LogP contribution in [0.25, 0.3) is 0 Å². The Morgan fingerprint density at radius 1 is 1.35 bits per heavy atom. The lowest BCUT2D eigenvalue weighted by atomic mass is 9.95. The third kappa shape index (κ3) is 5.66. The van der Waals surface area contributed by atoms with Crippen molar-refractivity contribution in [2.45, 2.75) is 50.1 Å². The number of nitrogens with zero attached hydrogens (tertiary/aromatic N) is 1. The van der Waals surface area contributed by atoms with Crippen LogP contribution in [-0.4, -0.2) is 35.2 Å². The highest BCUT2D eigenvalue weighted by molar-refractivity contribution is 7.99. The maximum atomic E-state index is 12.9. The van der Waals surface area contributed by atoms with E-state index in [1.54, 1.807) is 23.9 Å². The van der Waals surface area contributed by atoms with Crippen molar-refractivity contribution in [2.75, 3.05) is 12.3 Å². The minimum atomic E-state index is -0.235. The van der Waals surface area contributed by atoms with Crippen LogP contribution in [0.1, 0.15) is 33.1 Å². The van der Waals surface area contributed by atoms with Crippen molar-refractivity contribution in [3.8, 4) is 0 Å². The summed E-state index contributed by atoms with van der Waals surface area (Å²) in [7, 11) is 0. The van der Waals surface area contributed by atoms with Gasteiger partial charge in [0.25, 0.3) is 0 Å². The van der Waals surface area contributed by atoms with Gasteiger partial charge in [-0.05, 0) is 50.5 Å². The van der Waals surface area contributed by atoms with E-state index in [1.165, 1.54) is 12.1 Å². The van der Waals surface area contributed by atoms with Crippen LogP contribution < -0.4 is 5.73 Å². The van der Waals surface area contributed by atoms with Gasteiger partial charge in [-0.3, -0.25) is 4.79 Å². The molecule has 1 aliphatic heterocycles. The lowest BCUT2D eigenvalue weighted by Gasteiger charge is -2.39. The molecule has 3 nitrogen and oxygen atoms in total. The Bertz CT molecular complexity index is 498. The maximum absolute atomic E-state index is 12.9. The summed E-state index contributed by atoms with van der Waals surface area (Å²) in [6.07, 6.45) is 3.21. The molecule has 1 aliphatic rings. The van der Waals surface area contributed by atoms with Gasteiger partial charge in [0.05, 0.1) is 0 Å². The fraction of sp³-hybridized carbons (Fsp3) is 0.588. The number of carbonyl (C=O) groups excluding carboxylic acids is 1. The molecule has 2 rings (SSSR count). The predicted octanol–water partition coefficient (Wildman–Crippen LogP) is 3.70. The van der Waals surface area contributed by atoms with Crippen molar-refractivity contribution in [3.63, 3.8) is 0 Å². The van der Waals surface area contributed by atoms with Gasteiger partial charge in [-0.2, -0.15) is 0 Å². The smallest absolute Gasteiger partial charge is 0.226 e. The average molecular weight is 361 g/mol. The van der Waals surface area contributed by atoms with Crippen LogP contribution >= 0.6 is 24.2 Å². The molecule has 23 heavy (non-hydrogen) atoms. The number of hydrogen-bond acceptors (Lipinski definition) is 3. The van der Waals surface area contributed by atoms with E-state index in [1.807, 2.05) is 18.7 Å². The third-order valence-corrected chi connectivity index (χ3v) is 5.45. The fourth-order valence-electron chi connectivity index (χ4n) is 2.88. The Morgan fingerprint density at radius 3 is 2.61 bits per heavy atom. The molecule has 1 fully saturated rings. The summed E-state index contributed by atoms with van der Waals surface area (Å²) in [5.41, 5.74) is 6.04. The first kappa shape index (κ1) is 20.3. The largest absolute Gasteiger partial charge is 0.338 e. The van der Waals surface area contributed by atoms with E-state index in [4.69, 9.17) is 5.73 Å². The SMILES string of the molecule is CC(CSc1ccc(F)cc1)C(=O)N1CCCCC1C(C)N.Cl. The Balaban J connectivity index is 0.00000264. The normalized spacial score (nSPS) is 20.5. The number of thioether (sulfide) groups is 1. The zero-order chi connectivity index (χ0) is 16.1. The van der Waals surface area contributed by atoms with Crippen molar-refractivity contribution < 1.29 is 9.18 Å². The van der Waals surface area contributed by atoms with Crippen molar-refractivity contribution in [1.29, 1.82) is 0 Å². The van der Waals surface area contributed by atoms with E-state index in [0.29, 0.717) is 5.75 Å². The molecule has 3 atom stereocenters. The topological polar surface area (TPSA) is 46.3 Å². The van der Waals surface area contributed by atoms with E-state index in [9.17, 15) is 9.18 Å². The number of nitrogens with two attached hydrogens (primary N) is 1. The molecule has 1 heterocycles. The second-order valence-electron chi connectivity index (χ2n) is 6.12. The number of hydrogen-bond donors (Lipinski definition) is 1. The average Bonchev–Trinajstić information content (AvgIpc) is 2.53. The molecule has 0 bridgehead atoms. The zero-order valence-electron chi connectivity index (χ0n) is 13.7. The molecule has 1 amide bonds. The second-order valence-corrected chi connectivity index (χ2v) is 7.21. The first-order valence-electron chi connectivity index (χ1n) is 7.93. The first-order valence-corrected chi connectivity index (χ1v) is 8.92. The standard InChI is InChI=1S/C17H25FN2OS.ClH/c1-12(11-22-15-8-6-14(18)7-9-15)17(21)20-10-4-3-5-16(20)13(2)19;/h6-9,12-13,16H,3-5,10-11,19H2,1-2H3;1H. The molecule has 1 saturated heterocycles. The van der Waals surface area contributed by atoms with Crippen molar-refractivity contribution in [1.82, 2.24) is 4.90 Å². The highest BCUT2D eigenvalue weighted by Crippen LogP contribution is 2.25. The van der Waals surface area contributed by atoms with Gasteiger partial charge >= 0.3 is 0 Å². The number of amides is 1. The fourth-order valence-corrected chi connectivity index (χ4v) is 3.80. The Morgan fingerprint density at radius 2 is 2.00 bits per heavy atom. The van der Waals surface area contributed by atoms with Crippen LogP contribution in [0.2, 0.25) is 0 Å². The number of halogens is 2. The molecule has 1 aromatic carbocycles. The van der Waals surface area contributed by atoms with Crippen LogP contribution in [0.4, 0.5) is 4.39 Å². The van der Waals surface area contributed by atoms with Gasteiger partial charge in [0, 0.05) is 35.2 Å². The summed E-state index contributed by atoms with van der Waals surface area (Å²) in [4.78, 5) is 15.7. The van der Waals surface area contributed by atoms with Crippen LogP contribution in [0, 0.1) is 11.7 Å². The van der Waals surface area contributed by atoms with Crippen molar-refractivity contribution in [3.05, 3.63) is 30.1 Å². The number of likely N-dealkylation sites (tertiary alicyclic amines) is 1. The summed E-state index contributed by atoms with van der Waals surface area (Å²) >= 11 is 1.59. The lowest BCUT2D eigenvalue weighted by molar-refractivity contribution is -0.138. The maximum Gasteiger partial charge on any atom is 0.226 e. The summed E-state index contributed by atoms with van der Waals surface area (Å²) in [6.45, 7) is 4.76. The van der Waals surface area contributed by atoms with Crippen LogP contribution in [0.5, 0.6) is 0 Å². The minimum absolute atomic E-state index is 0. The highest BCUT2D eigenvalue weighted by Gasteiger charge is 2.31. The Labute approximate surface area is 148 Å². The molecular weight excluding hydrogens is 335 g/mol. The molecule has 6 heteroatoms. The number of benzene rings is 1. The summed E-state index contributed by atoms with van der Waals surface area (Å²) in [6, 6.07) is 6.59. The Hall–Kier alpha value is -0.780. The quantitative estimate of drug-likeness (QED) is 0.814. The second kappa shape index (κ2) is 9.50. The van der Waals surface area contributed by atoms with Crippen molar-refractivity contribution >= 4 is 30.1 Å². The van der Waals surface area contributed by atoms with E-state index < -0.39 is 0 Å². The molecular formula is C17H26ClFN2OS. The summed E-state index contributed by atoms with van der Waals surface area (Å²) in [5.74, 6) is 0.597. The molecule has 0 aromatic heterocycles. The number of carbonyl (C=O) groups is 1. The van der Waals surface area contributed by atoms with Gasteiger partial charge < -0.3 is 10.6 Å². The predicted molar refractivity (Wildman–Crippen MR) is 96.5 cm³/mol. The van der Waals surface area contributed by atoms with E-state index in [-0.39, 0.29) is 42.1 Å². The number of rotatable bonds is 5. The molecule has 130 valence electrons. The molecule has 1 aromatic rings. The highest BCUT2D eigenvalue weighted by atomic mass is 35.5. The first-order chi connectivity index (χ1) is 10.5. The molecule has 3 unspecified atom stereocenters. The van der Waals surface area contributed by atoms with Gasteiger partial charge in [-0.1, -0.05) is 6.92 Å². The third-order valence-electron chi connectivity index (χ3n) is 4.17. The van der Waals surface area contributed by atoms with Crippen LogP contribution in [0.3, 0.4) is 0 Å². The lowest BCUT2D eigenvalue weighted by Crippen LogP contribution is -2.53. The van der Waals surface area contributed by atoms with Gasteiger partial charge in [0.2, 0.25) is 5.91 Å². The summed E-state index contributed by atoms with van der Waals surface area (Å²) in [5, 5.41) is 0. The molecule has 0 radical (unpaired) electrons. The Kier molecular flexibility index (Phi) is 8.37. The van der Waals surface area contributed by atoms with Gasteiger partial charge in [0.15, 0.2) is 0 Å². The zero-order valence-corrected chi connectivity index (χ0v) is 15.3. The molecule has 0 spiro atoms. The van der Waals surface area contributed by atoms with E-state index in [2.05, 4.69) is 0 Å². The molecule has 0 saturated carbocycles. The van der Waals surface area contributed by atoms with Crippen LogP contribution in [0.15, 0.2) is 29.2 Å². The molecule has 0 aliphatic carbocycles. The van der Waals surface area contributed by atoms with E-state index >= 15 is 0 Å². The van der Waals surface area contributed by atoms with Crippen molar-refractivity contribution in [2.24, 2.45) is 11.7 Å². The minimum Gasteiger partial charge on any atom is -0.338 e. The van der Waals surface area contributed by atoms with Gasteiger partial charge in [-0.15, -0.1) is 24.2 Å². The summed E-state index contributed by atoms with van der Waals surface area (Å²) < 4.78 is 12.9.